The Morgan fingerprint density at radius 1 is 1.17 bits per heavy atom. The number of nitrogens with one attached hydrogen (secondary N) is 1. The first-order valence-electron chi connectivity index (χ1n) is 5.45. The molecule has 0 saturated carbocycles. The molecule has 3 N–H and O–H groups in total. The Kier molecular flexibility index (Phi) is 4.09. The van der Waals surface area contributed by atoms with Crippen molar-refractivity contribution in [1.82, 2.24) is 0 Å². The van der Waals surface area contributed by atoms with E-state index in [2.05, 4.69) is 22.0 Å². The van der Waals surface area contributed by atoms with Gasteiger partial charge >= 0.3 is 0 Å². The van der Waals surface area contributed by atoms with E-state index in [1.54, 1.807) is 11.8 Å². The summed E-state index contributed by atoms with van der Waals surface area (Å²) in [7, 11) is 0. The highest BCUT2D eigenvalue weighted by Gasteiger charge is 2.09. The van der Waals surface area contributed by atoms with E-state index in [9.17, 15) is 0 Å². The largest absolute Gasteiger partial charge is 0.384 e. The summed E-state index contributed by atoms with van der Waals surface area (Å²) in [5.74, 6) is 0.101. The molecule has 0 aromatic heterocycles. The predicted molar refractivity (Wildman–Crippen MR) is 80.5 cm³/mol. The number of aryl methyl sites for hydroxylation is 1. The SMILES string of the molecule is Cc1ccc(C(=N)N)c(Sc2ccccc2Br)c1. The fraction of sp³-hybridized carbons (Fsp3) is 0.0714. The minimum atomic E-state index is 0.101. The molecule has 2 rings (SSSR count). The normalized spacial score (nSPS) is 10.3. The monoisotopic (exact) mass is 320 g/mol. The summed E-state index contributed by atoms with van der Waals surface area (Å²) in [6.45, 7) is 2.04. The summed E-state index contributed by atoms with van der Waals surface area (Å²) in [4.78, 5) is 2.13. The van der Waals surface area contributed by atoms with E-state index in [0.29, 0.717) is 0 Å². The lowest BCUT2D eigenvalue weighted by molar-refractivity contribution is 1.29. The molecule has 0 spiro atoms. The quantitative estimate of drug-likeness (QED) is 0.658. The lowest BCUT2D eigenvalue weighted by atomic mass is 10.1. The molecule has 0 unspecified atom stereocenters. The van der Waals surface area contributed by atoms with Gasteiger partial charge in [-0.25, -0.2) is 0 Å². The van der Waals surface area contributed by atoms with Gasteiger partial charge in [0.1, 0.15) is 5.84 Å². The molecule has 0 heterocycles. The van der Waals surface area contributed by atoms with E-state index >= 15 is 0 Å². The van der Waals surface area contributed by atoms with Crippen LogP contribution in [-0.2, 0) is 0 Å². The maximum absolute atomic E-state index is 7.62. The maximum atomic E-state index is 7.62. The molecule has 2 nitrogen and oxygen atoms in total. The lowest BCUT2D eigenvalue weighted by Crippen LogP contribution is -2.12. The van der Waals surface area contributed by atoms with Gasteiger partial charge in [-0.05, 0) is 52.7 Å². The van der Waals surface area contributed by atoms with Crippen LogP contribution in [0.2, 0.25) is 0 Å². The van der Waals surface area contributed by atoms with Crippen LogP contribution < -0.4 is 5.73 Å². The smallest absolute Gasteiger partial charge is 0.123 e. The van der Waals surface area contributed by atoms with E-state index in [4.69, 9.17) is 11.1 Å². The highest BCUT2D eigenvalue weighted by Crippen LogP contribution is 2.35. The standard InChI is InChI=1S/C14H13BrN2S/c1-9-6-7-10(14(16)17)13(8-9)18-12-5-3-2-4-11(12)15/h2-8H,1H3,(H3,16,17). The number of nitrogens with two attached hydrogens (primary N) is 1. The summed E-state index contributed by atoms with van der Waals surface area (Å²) < 4.78 is 1.05. The van der Waals surface area contributed by atoms with Gasteiger partial charge in [-0.2, -0.15) is 0 Å². The third-order valence-electron chi connectivity index (χ3n) is 2.48. The number of benzene rings is 2. The summed E-state index contributed by atoms with van der Waals surface area (Å²) in [5, 5.41) is 7.62. The minimum absolute atomic E-state index is 0.101. The van der Waals surface area contributed by atoms with Crippen LogP contribution in [0.4, 0.5) is 0 Å². The van der Waals surface area contributed by atoms with Gasteiger partial charge in [0, 0.05) is 19.8 Å². The Labute approximate surface area is 119 Å². The van der Waals surface area contributed by atoms with Gasteiger partial charge in [-0.15, -0.1) is 0 Å². The van der Waals surface area contributed by atoms with Crippen LogP contribution in [0.5, 0.6) is 0 Å². The summed E-state index contributed by atoms with van der Waals surface area (Å²) in [5.41, 5.74) is 7.56. The van der Waals surface area contributed by atoms with Crippen LogP contribution >= 0.6 is 27.7 Å². The highest BCUT2D eigenvalue weighted by atomic mass is 79.9. The molecule has 0 amide bonds. The van der Waals surface area contributed by atoms with Gasteiger partial charge in [0.05, 0.1) is 0 Å². The first-order chi connectivity index (χ1) is 8.58. The molecule has 0 aliphatic heterocycles. The Morgan fingerprint density at radius 2 is 1.89 bits per heavy atom. The van der Waals surface area contributed by atoms with Crippen LogP contribution in [-0.4, -0.2) is 5.84 Å². The molecule has 0 aliphatic rings. The molecule has 18 heavy (non-hydrogen) atoms. The van der Waals surface area contributed by atoms with Crippen LogP contribution in [0.1, 0.15) is 11.1 Å². The number of rotatable bonds is 3. The van der Waals surface area contributed by atoms with Crippen molar-refractivity contribution >= 4 is 33.5 Å². The molecule has 92 valence electrons. The average molecular weight is 321 g/mol. The van der Waals surface area contributed by atoms with Gasteiger partial charge < -0.3 is 5.73 Å². The van der Waals surface area contributed by atoms with Crippen molar-refractivity contribution in [2.45, 2.75) is 16.7 Å². The zero-order valence-electron chi connectivity index (χ0n) is 9.91. The van der Waals surface area contributed by atoms with Gasteiger partial charge in [0.15, 0.2) is 0 Å². The van der Waals surface area contributed by atoms with Crippen molar-refractivity contribution in [2.24, 2.45) is 5.73 Å². The molecule has 2 aromatic carbocycles. The summed E-state index contributed by atoms with van der Waals surface area (Å²) in [6.07, 6.45) is 0. The summed E-state index contributed by atoms with van der Waals surface area (Å²) >= 11 is 5.14. The fourth-order valence-electron chi connectivity index (χ4n) is 1.58. The predicted octanol–water partition coefficient (Wildman–Crippen LogP) is 4.19. The van der Waals surface area contributed by atoms with Gasteiger partial charge in [0.2, 0.25) is 0 Å². The zero-order valence-corrected chi connectivity index (χ0v) is 12.3. The summed E-state index contributed by atoms with van der Waals surface area (Å²) in [6, 6.07) is 14.0. The Balaban J connectivity index is 2.42. The molecular weight excluding hydrogens is 308 g/mol. The second-order valence-electron chi connectivity index (χ2n) is 3.95. The van der Waals surface area contributed by atoms with Crippen molar-refractivity contribution in [1.29, 1.82) is 5.41 Å². The van der Waals surface area contributed by atoms with Crippen molar-refractivity contribution in [3.8, 4) is 0 Å². The molecule has 0 aliphatic carbocycles. The zero-order chi connectivity index (χ0) is 13.1. The van der Waals surface area contributed by atoms with Crippen molar-refractivity contribution in [2.75, 3.05) is 0 Å². The fourth-order valence-corrected chi connectivity index (χ4v) is 3.19. The van der Waals surface area contributed by atoms with Crippen molar-refractivity contribution in [3.05, 3.63) is 58.1 Å². The molecule has 0 radical (unpaired) electrons. The van der Waals surface area contributed by atoms with Crippen LogP contribution in [0.15, 0.2) is 56.7 Å². The minimum Gasteiger partial charge on any atom is -0.384 e. The molecule has 2 aromatic rings. The van der Waals surface area contributed by atoms with Gasteiger partial charge in [0.25, 0.3) is 0 Å². The third-order valence-corrected chi connectivity index (χ3v) is 4.57. The van der Waals surface area contributed by atoms with Crippen LogP contribution in [0, 0.1) is 12.3 Å². The number of halogens is 1. The highest BCUT2D eigenvalue weighted by molar-refractivity contribution is 9.10. The second kappa shape index (κ2) is 5.59. The second-order valence-corrected chi connectivity index (χ2v) is 5.88. The van der Waals surface area contributed by atoms with Crippen LogP contribution in [0.25, 0.3) is 0 Å². The third kappa shape index (κ3) is 2.94. The molecule has 0 atom stereocenters. The first kappa shape index (κ1) is 13.2. The number of nitrogen functional groups attached to an aromatic ring is 1. The van der Waals surface area contributed by atoms with E-state index in [-0.39, 0.29) is 5.84 Å². The van der Waals surface area contributed by atoms with E-state index < -0.39 is 0 Å². The number of hydrogen-bond acceptors (Lipinski definition) is 2. The molecule has 0 saturated heterocycles. The maximum Gasteiger partial charge on any atom is 0.123 e. The van der Waals surface area contributed by atoms with E-state index in [1.165, 1.54) is 0 Å². The van der Waals surface area contributed by atoms with E-state index in [1.807, 2.05) is 43.3 Å². The van der Waals surface area contributed by atoms with Crippen molar-refractivity contribution in [3.63, 3.8) is 0 Å². The Bertz CT molecular complexity index is 596. The number of amidine groups is 1. The van der Waals surface area contributed by atoms with Gasteiger partial charge in [-0.3, -0.25) is 5.41 Å². The Morgan fingerprint density at radius 3 is 2.56 bits per heavy atom. The van der Waals surface area contributed by atoms with Crippen LogP contribution in [0.3, 0.4) is 0 Å². The number of hydrogen-bond donors (Lipinski definition) is 2. The molecule has 0 bridgehead atoms. The molecular formula is C14H13BrN2S. The molecule has 4 heteroatoms. The molecule has 0 fully saturated rings. The average Bonchev–Trinajstić information content (AvgIpc) is 2.32. The first-order valence-corrected chi connectivity index (χ1v) is 7.06. The van der Waals surface area contributed by atoms with Gasteiger partial charge in [-0.1, -0.05) is 30.0 Å². The Hall–Kier alpha value is -1.26. The topological polar surface area (TPSA) is 49.9 Å². The lowest BCUT2D eigenvalue weighted by Gasteiger charge is -2.10. The van der Waals surface area contributed by atoms with E-state index in [0.717, 1.165) is 25.4 Å². The van der Waals surface area contributed by atoms with Crippen molar-refractivity contribution < 1.29 is 0 Å².